The Morgan fingerprint density at radius 3 is 2.80 bits per heavy atom. The number of carbonyl (C=O) groups is 1. The minimum Gasteiger partial charge on any atom is -0.504 e. The van der Waals surface area contributed by atoms with Crippen LogP contribution in [0.25, 0.3) is 0 Å². The Morgan fingerprint density at radius 1 is 1.60 bits per heavy atom. The van der Waals surface area contributed by atoms with E-state index in [1.807, 2.05) is 0 Å². The lowest BCUT2D eigenvalue weighted by Crippen LogP contribution is -2.34. The van der Waals surface area contributed by atoms with Gasteiger partial charge < -0.3 is 20.9 Å². The molecule has 0 aromatic heterocycles. The summed E-state index contributed by atoms with van der Waals surface area (Å²) in [6.07, 6.45) is -0.503. The standard InChI is InChI=1S/C10H14N2O3/c1-6(13)12-7(2)15-10-4-3-8(11)5-9(10)14/h3-5,7,14H,11H2,1-2H3,(H,12,13). The second-order valence-electron chi connectivity index (χ2n) is 3.19. The number of hydrogen-bond donors (Lipinski definition) is 3. The minimum atomic E-state index is -0.503. The lowest BCUT2D eigenvalue weighted by atomic mass is 10.3. The lowest BCUT2D eigenvalue weighted by Gasteiger charge is -2.16. The van der Waals surface area contributed by atoms with Gasteiger partial charge in [0.2, 0.25) is 5.91 Å². The average molecular weight is 210 g/mol. The normalized spacial score (nSPS) is 11.9. The van der Waals surface area contributed by atoms with Crippen LogP contribution in [0.1, 0.15) is 13.8 Å². The Morgan fingerprint density at radius 2 is 2.27 bits per heavy atom. The predicted octanol–water partition coefficient (Wildman–Crippen LogP) is 0.835. The molecule has 1 rings (SSSR count). The van der Waals surface area contributed by atoms with E-state index in [9.17, 15) is 9.90 Å². The van der Waals surface area contributed by atoms with Gasteiger partial charge in [0.05, 0.1) is 0 Å². The number of carbonyl (C=O) groups excluding carboxylic acids is 1. The van der Waals surface area contributed by atoms with Gasteiger partial charge in [-0.3, -0.25) is 4.79 Å². The van der Waals surface area contributed by atoms with E-state index in [0.717, 1.165) is 0 Å². The number of benzene rings is 1. The molecule has 5 nitrogen and oxygen atoms in total. The van der Waals surface area contributed by atoms with Gasteiger partial charge in [-0.25, -0.2) is 0 Å². The van der Waals surface area contributed by atoms with E-state index in [1.165, 1.54) is 13.0 Å². The van der Waals surface area contributed by atoms with Crippen LogP contribution < -0.4 is 15.8 Å². The first-order valence-corrected chi connectivity index (χ1v) is 4.51. The number of amides is 1. The van der Waals surface area contributed by atoms with Crippen molar-refractivity contribution < 1.29 is 14.6 Å². The lowest BCUT2D eigenvalue weighted by molar-refractivity contribution is -0.121. The number of nitrogens with two attached hydrogens (primary N) is 1. The van der Waals surface area contributed by atoms with Crippen molar-refractivity contribution in [2.45, 2.75) is 20.1 Å². The predicted molar refractivity (Wildman–Crippen MR) is 56.4 cm³/mol. The van der Waals surface area contributed by atoms with E-state index in [0.29, 0.717) is 5.69 Å². The third-order valence-corrected chi connectivity index (χ3v) is 1.69. The molecule has 82 valence electrons. The molecule has 1 aromatic carbocycles. The third kappa shape index (κ3) is 3.38. The summed E-state index contributed by atoms with van der Waals surface area (Å²) in [5.41, 5.74) is 5.90. The van der Waals surface area contributed by atoms with E-state index in [2.05, 4.69) is 5.32 Å². The maximum atomic E-state index is 10.7. The molecule has 1 amide bonds. The van der Waals surface area contributed by atoms with Gasteiger partial charge in [0.15, 0.2) is 17.7 Å². The second-order valence-corrected chi connectivity index (χ2v) is 3.19. The summed E-state index contributed by atoms with van der Waals surface area (Å²) >= 11 is 0. The van der Waals surface area contributed by atoms with E-state index in [1.54, 1.807) is 19.1 Å². The zero-order valence-electron chi connectivity index (χ0n) is 8.65. The fourth-order valence-electron chi connectivity index (χ4n) is 1.14. The van der Waals surface area contributed by atoms with Crippen molar-refractivity contribution in [2.24, 2.45) is 0 Å². The highest BCUT2D eigenvalue weighted by Gasteiger charge is 2.08. The van der Waals surface area contributed by atoms with Crippen LogP contribution >= 0.6 is 0 Å². The van der Waals surface area contributed by atoms with Gasteiger partial charge in [0.25, 0.3) is 0 Å². The SMILES string of the molecule is CC(=O)NC(C)Oc1ccc(N)cc1O. The van der Waals surface area contributed by atoms with Crippen molar-refractivity contribution >= 4 is 11.6 Å². The van der Waals surface area contributed by atoms with Gasteiger partial charge in [-0.1, -0.05) is 0 Å². The Balaban J connectivity index is 2.68. The largest absolute Gasteiger partial charge is 0.504 e. The average Bonchev–Trinajstić information content (AvgIpc) is 2.08. The number of hydrogen-bond acceptors (Lipinski definition) is 4. The molecule has 0 spiro atoms. The first kappa shape index (κ1) is 11.2. The maximum absolute atomic E-state index is 10.7. The number of nitrogens with one attached hydrogen (secondary N) is 1. The molecule has 0 fully saturated rings. The van der Waals surface area contributed by atoms with Crippen LogP contribution in [0.5, 0.6) is 11.5 Å². The van der Waals surface area contributed by atoms with Gasteiger partial charge in [0, 0.05) is 18.7 Å². The summed E-state index contributed by atoms with van der Waals surface area (Å²) in [6, 6.07) is 4.54. The first-order valence-electron chi connectivity index (χ1n) is 4.51. The van der Waals surface area contributed by atoms with E-state index in [-0.39, 0.29) is 17.4 Å². The van der Waals surface area contributed by atoms with Crippen molar-refractivity contribution in [3.8, 4) is 11.5 Å². The quantitative estimate of drug-likeness (QED) is 0.509. The highest BCUT2D eigenvalue weighted by molar-refractivity contribution is 5.73. The highest BCUT2D eigenvalue weighted by Crippen LogP contribution is 2.28. The molecule has 1 aromatic rings. The minimum absolute atomic E-state index is 0.0489. The zero-order valence-corrected chi connectivity index (χ0v) is 8.65. The van der Waals surface area contributed by atoms with Gasteiger partial charge in [-0.15, -0.1) is 0 Å². The molecule has 0 aliphatic rings. The Bertz CT molecular complexity index is 366. The molecule has 15 heavy (non-hydrogen) atoms. The molecule has 0 saturated heterocycles. The Kier molecular flexibility index (Phi) is 3.38. The zero-order chi connectivity index (χ0) is 11.4. The molecular formula is C10H14N2O3. The number of aromatic hydroxyl groups is 1. The van der Waals surface area contributed by atoms with Crippen molar-refractivity contribution in [1.82, 2.24) is 5.32 Å². The molecule has 1 unspecified atom stereocenters. The molecule has 4 N–H and O–H groups in total. The summed E-state index contributed by atoms with van der Waals surface area (Å²) in [4.78, 5) is 10.7. The fraction of sp³-hybridized carbons (Fsp3) is 0.300. The first-order chi connectivity index (χ1) is 6.99. The van der Waals surface area contributed by atoms with E-state index >= 15 is 0 Å². The maximum Gasteiger partial charge on any atom is 0.219 e. The van der Waals surface area contributed by atoms with Crippen LogP contribution in [0.3, 0.4) is 0 Å². The third-order valence-electron chi connectivity index (χ3n) is 1.69. The smallest absolute Gasteiger partial charge is 0.219 e. The van der Waals surface area contributed by atoms with Crippen LogP contribution in [-0.4, -0.2) is 17.2 Å². The molecule has 0 radical (unpaired) electrons. The molecule has 0 aliphatic heterocycles. The summed E-state index contributed by atoms with van der Waals surface area (Å²) in [7, 11) is 0. The second kappa shape index (κ2) is 4.54. The van der Waals surface area contributed by atoms with Crippen LogP contribution in [0, 0.1) is 0 Å². The number of phenolic OH excluding ortho intramolecular Hbond substituents is 1. The number of anilines is 1. The monoisotopic (exact) mass is 210 g/mol. The number of nitrogen functional groups attached to an aromatic ring is 1. The van der Waals surface area contributed by atoms with Crippen molar-refractivity contribution in [3.63, 3.8) is 0 Å². The summed E-state index contributed by atoms with van der Waals surface area (Å²) in [6.45, 7) is 3.06. The molecule has 0 aliphatic carbocycles. The van der Waals surface area contributed by atoms with Crippen LogP contribution in [0.4, 0.5) is 5.69 Å². The van der Waals surface area contributed by atoms with E-state index in [4.69, 9.17) is 10.5 Å². The molecule has 0 saturated carbocycles. The Hall–Kier alpha value is -1.91. The number of phenols is 1. The Labute approximate surface area is 87.9 Å². The van der Waals surface area contributed by atoms with Crippen molar-refractivity contribution in [1.29, 1.82) is 0 Å². The van der Waals surface area contributed by atoms with Gasteiger partial charge in [0.1, 0.15) is 0 Å². The fourth-order valence-corrected chi connectivity index (χ4v) is 1.14. The van der Waals surface area contributed by atoms with Gasteiger partial charge in [-0.2, -0.15) is 0 Å². The molecule has 0 heterocycles. The van der Waals surface area contributed by atoms with Gasteiger partial charge >= 0.3 is 0 Å². The molecule has 0 bridgehead atoms. The van der Waals surface area contributed by atoms with Crippen LogP contribution in [-0.2, 0) is 4.79 Å². The van der Waals surface area contributed by atoms with Gasteiger partial charge in [-0.05, 0) is 19.1 Å². The number of rotatable bonds is 3. The molecule has 1 atom stereocenters. The molecule has 5 heteroatoms. The summed E-state index contributed by atoms with van der Waals surface area (Å²) < 4.78 is 5.27. The topological polar surface area (TPSA) is 84.6 Å². The van der Waals surface area contributed by atoms with Crippen molar-refractivity contribution in [3.05, 3.63) is 18.2 Å². The molecular weight excluding hydrogens is 196 g/mol. The summed E-state index contributed by atoms with van der Waals surface area (Å²) in [5, 5.41) is 12.0. The van der Waals surface area contributed by atoms with E-state index < -0.39 is 6.23 Å². The van der Waals surface area contributed by atoms with Crippen molar-refractivity contribution in [2.75, 3.05) is 5.73 Å². The number of ether oxygens (including phenoxy) is 1. The summed E-state index contributed by atoms with van der Waals surface area (Å²) in [5.74, 6) is 0.0371. The van der Waals surface area contributed by atoms with Crippen LogP contribution in [0.15, 0.2) is 18.2 Å². The highest BCUT2D eigenvalue weighted by atomic mass is 16.5. The van der Waals surface area contributed by atoms with Crippen LogP contribution in [0.2, 0.25) is 0 Å².